The van der Waals surface area contributed by atoms with Crippen molar-refractivity contribution in [3.05, 3.63) is 59.0 Å². The van der Waals surface area contributed by atoms with E-state index in [4.69, 9.17) is 9.47 Å². The lowest BCUT2D eigenvalue weighted by molar-refractivity contribution is 0.0996. The minimum Gasteiger partial charge on any atom is -0.497 e. The fraction of sp³-hybridized carbons (Fsp3) is 0.190. The minimum atomic E-state index is -3.41. The summed E-state index contributed by atoms with van der Waals surface area (Å²) in [4.78, 5) is 16.3. The maximum atomic E-state index is 13.2. The van der Waals surface area contributed by atoms with E-state index in [0.29, 0.717) is 38.1 Å². The van der Waals surface area contributed by atoms with Gasteiger partial charge in [0.2, 0.25) is 0 Å². The zero-order chi connectivity index (χ0) is 20.8. The van der Waals surface area contributed by atoms with Gasteiger partial charge in [0, 0.05) is 23.6 Å². The number of carbonyl (C=O) groups excluding carboxylic acids is 1. The predicted molar refractivity (Wildman–Crippen MR) is 113 cm³/mol. The molecule has 0 N–H and O–H groups in total. The summed E-state index contributed by atoms with van der Waals surface area (Å²) in [7, 11) is 1.34. The van der Waals surface area contributed by atoms with E-state index in [1.807, 2.05) is 0 Å². The number of carbonyl (C=O) groups is 1. The zero-order valence-electron chi connectivity index (χ0n) is 16.1. The van der Waals surface area contributed by atoms with E-state index < -0.39 is 9.84 Å². The topological polar surface area (TPSA) is 72.9 Å². The molecule has 0 fully saturated rings. The summed E-state index contributed by atoms with van der Waals surface area (Å²) < 4.78 is 35.8. The van der Waals surface area contributed by atoms with Crippen molar-refractivity contribution in [1.29, 1.82) is 0 Å². The van der Waals surface area contributed by atoms with Crippen molar-refractivity contribution in [3.63, 3.8) is 0 Å². The number of hydrogen-bond donors (Lipinski definition) is 0. The lowest BCUT2D eigenvalue weighted by Crippen LogP contribution is -2.25. The molecule has 1 amide bonds. The van der Waals surface area contributed by atoms with Crippen LogP contribution in [0.3, 0.4) is 0 Å². The third-order valence-electron chi connectivity index (χ3n) is 4.88. The summed E-state index contributed by atoms with van der Waals surface area (Å²) in [5, 5.41) is 0. The average Bonchev–Trinajstić information content (AvgIpc) is 3.15. The molecule has 0 unspecified atom stereocenters. The lowest BCUT2D eigenvalue weighted by Gasteiger charge is -2.20. The smallest absolute Gasteiger partial charge is 0.268 e. The predicted octanol–water partition coefficient (Wildman–Crippen LogP) is 4.00. The molecule has 4 rings (SSSR count). The number of amides is 1. The summed E-state index contributed by atoms with van der Waals surface area (Å²) in [6.07, 6.45) is 0. The summed E-state index contributed by atoms with van der Waals surface area (Å²) in [5.41, 5.74) is 1.91. The van der Waals surface area contributed by atoms with Crippen LogP contribution in [0.2, 0.25) is 0 Å². The van der Waals surface area contributed by atoms with Crippen LogP contribution in [0, 0.1) is 0 Å². The number of rotatable bonds is 4. The second kappa shape index (κ2) is 7.20. The van der Waals surface area contributed by atoms with E-state index in [9.17, 15) is 13.2 Å². The molecule has 0 saturated heterocycles. The fourth-order valence-corrected chi connectivity index (χ4v) is 6.35. The lowest BCUT2D eigenvalue weighted by atomic mass is 10.1. The molecule has 29 heavy (non-hydrogen) atoms. The number of sulfone groups is 1. The van der Waals surface area contributed by atoms with Crippen LogP contribution in [0.4, 0.5) is 5.69 Å². The highest BCUT2D eigenvalue weighted by atomic mass is 32.2. The third kappa shape index (κ3) is 3.28. The highest BCUT2D eigenvalue weighted by Gasteiger charge is 2.31. The molecule has 0 saturated carbocycles. The van der Waals surface area contributed by atoms with Gasteiger partial charge >= 0.3 is 0 Å². The number of thiophene rings is 1. The molecule has 6 nitrogen and oxygen atoms in total. The van der Waals surface area contributed by atoms with Gasteiger partial charge in [0.15, 0.2) is 9.84 Å². The molecule has 0 spiro atoms. The van der Waals surface area contributed by atoms with Gasteiger partial charge in [-0.3, -0.25) is 4.79 Å². The second-order valence-electron chi connectivity index (χ2n) is 6.62. The molecule has 2 aromatic carbocycles. The monoisotopic (exact) mass is 429 g/mol. The molecule has 3 aromatic rings. The van der Waals surface area contributed by atoms with Crippen LogP contribution in [0.1, 0.15) is 15.2 Å². The Morgan fingerprint density at radius 3 is 2.55 bits per heavy atom. The van der Waals surface area contributed by atoms with E-state index in [1.54, 1.807) is 62.7 Å². The van der Waals surface area contributed by atoms with Gasteiger partial charge in [-0.2, -0.15) is 0 Å². The Kier molecular flexibility index (Phi) is 4.84. The number of ether oxygens (including phenoxy) is 2. The molecule has 1 aromatic heterocycles. The SMILES string of the molecule is COc1ccc(N(C)C(=O)c2cc3c(s2)-c2ccccc2S(=O)(=O)C3)c(OC)c1. The molecule has 1 aliphatic heterocycles. The third-order valence-corrected chi connectivity index (χ3v) is 7.80. The molecule has 1 aliphatic rings. The number of methoxy groups -OCH3 is 2. The standard InChI is InChI=1S/C21H19NO5S2/c1-22(16-9-8-14(26-2)11-17(16)27-3)21(23)18-10-13-12-29(24,25)19-7-5-4-6-15(19)20(13)28-18/h4-11H,12H2,1-3H3. The number of anilines is 1. The normalized spacial score (nSPS) is 13.9. The Hall–Kier alpha value is -2.84. The highest BCUT2D eigenvalue weighted by molar-refractivity contribution is 7.91. The van der Waals surface area contributed by atoms with Gasteiger partial charge in [0.1, 0.15) is 11.5 Å². The van der Waals surface area contributed by atoms with Crippen molar-refractivity contribution < 1.29 is 22.7 Å². The largest absolute Gasteiger partial charge is 0.497 e. The van der Waals surface area contributed by atoms with Crippen molar-refractivity contribution in [1.82, 2.24) is 0 Å². The molecular weight excluding hydrogens is 410 g/mol. The van der Waals surface area contributed by atoms with Crippen LogP contribution in [-0.2, 0) is 15.6 Å². The summed E-state index contributed by atoms with van der Waals surface area (Å²) in [6.45, 7) is 0. The second-order valence-corrected chi connectivity index (χ2v) is 9.63. The molecule has 2 heterocycles. The van der Waals surface area contributed by atoms with E-state index >= 15 is 0 Å². The van der Waals surface area contributed by atoms with Crippen LogP contribution >= 0.6 is 11.3 Å². The van der Waals surface area contributed by atoms with Gasteiger partial charge < -0.3 is 14.4 Å². The van der Waals surface area contributed by atoms with Crippen molar-refractivity contribution in [2.45, 2.75) is 10.6 Å². The number of benzene rings is 2. The van der Waals surface area contributed by atoms with Gasteiger partial charge in [0.25, 0.3) is 5.91 Å². The first-order valence-electron chi connectivity index (χ1n) is 8.80. The maximum Gasteiger partial charge on any atom is 0.268 e. The Labute approximate surface area is 173 Å². The van der Waals surface area contributed by atoms with E-state index in [2.05, 4.69) is 0 Å². The van der Waals surface area contributed by atoms with Crippen molar-refractivity contribution in [2.24, 2.45) is 0 Å². The van der Waals surface area contributed by atoms with Crippen LogP contribution in [0.15, 0.2) is 53.4 Å². The van der Waals surface area contributed by atoms with Gasteiger partial charge in [0.05, 0.1) is 35.4 Å². The quantitative estimate of drug-likeness (QED) is 0.627. The molecule has 150 valence electrons. The van der Waals surface area contributed by atoms with Crippen molar-refractivity contribution in [2.75, 3.05) is 26.2 Å². The molecule has 0 aliphatic carbocycles. The molecule has 8 heteroatoms. The van der Waals surface area contributed by atoms with Crippen LogP contribution in [0.25, 0.3) is 10.4 Å². The van der Waals surface area contributed by atoms with Gasteiger partial charge in [-0.25, -0.2) is 8.42 Å². The zero-order valence-corrected chi connectivity index (χ0v) is 17.8. The van der Waals surface area contributed by atoms with Crippen LogP contribution in [-0.4, -0.2) is 35.6 Å². The summed E-state index contributed by atoms with van der Waals surface area (Å²) in [5.74, 6) is 0.802. The van der Waals surface area contributed by atoms with Gasteiger partial charge in [-0.15, -0.1) is 11.3 Å². The fourth-order valence-electron chi connectivity index (χ4n) is 3.41. The highest BCUT2D eigenvalue weighted by Crippen LogP contribution is 2.43. The first-order chi connectivity index (χ1) is 13.9. The van der Waals surface area contributed by atoms with Crippen LogP contribution < -0.4 is 14.4 Å². The number of fused-ring (bicyclic) bond motifs is 3. The Bertz CT molecular complexity index is 1210. The number of hydrogen-bond acceptors (Lipinski definition) is 6. The van der Waals surface area contributed by atoms with E-state index in [0.717, 1.165) is 4.88 Å². The maximum absolute atomic E-state index is 13.2. The molecule has 0 atom stereocenters. The Morgan fingerprint density at radius 1 is 1.07 bits per heavy atom. The van der Waals surface area contributed by atoms with Gasteiger partial charge in [-0.05, 0) is 29.8 Å². The molecule has 0 bridgehead atoms. The Morgan fingerprint density at radius 2 is 1.83 bits per heavy atom. The Balaban J connectivity index is 1.74. The van der Waals surface area contributed by atoms with E-state index in [1.165, 1.54) is 23.3 Å². The van der Waals surface area contributed by atoms with E-state index in [-0.39, 0.29) is 11.7 Å². The van der Waals surface area contributed by atoms with Crippen molar-refractivity contribution >= 4 is 32.8 Å². The first-order valence-corrected chi connectivity index (χ1v) is 11.3. The molecule has 0 radical (unpaired) electrons. The number of nitrogens with zero attached hydrogens (tertiary/aromatic N) is 1. The van der Waals surface area contributed by atoms with Gasteiger partial charge in [-0.1, -0.05) is 18.2 Å². The summed E-state index contributed by atoms with van der Waals surface area (Å²) in [6, 6.07) is 13.8. The first kappa shape index (κ1) is 19.5. The minimum absolute atomic E-state index is 0.0985. The van der Waals surface area contributed by atoms with Crippen LogP contribution in [0.5, 0.6) is 11.5 Å². The average molecular weight is 430 g/mol. The molecular formula is C21H19NO5S2. The van der Waals surface area contributed by atoms with Crippen molar-refractivity contribution in [3.8, 4) is 21.9 Å². The summed E-state index contributed by atoms with van der Waals surface area (Å²) >= 11 is 1.31.